The van der Waals surface area contributed by atoms with E-state index in [1.165, 1.54) is 11.8 Å². The molecule has 262 valence electrons. The molecule has 4 aliphatic rings. The van der Waals surface area contributed by atoms with Crippen molar-refractivity contribution < 1.29 is 26.8 Å². The van der Waals surface area contributed by atoms with E-state index in [1.54, 1.807) is 0 Å². The Kier molecular flexibility index (Phi) is 13.5. The Morgan fingerprint density at radius 2 is 1.51 bits per heavy atom. The number of azide groups is 3. The zero-order chi connectivity index (χ0) is 34.1. The Labute approximate surface area is 278 Å². The van der Waals surface area contributed by atoms with Gasteiger partial charge in [-0.25, -0.2) is 0 Å². The molecule has 4 rings (SSSR count). The molecule has 2 radical (unpaired) electrons. The maximum Gasteiger partial charge on any atom is 0.264 e. The predicted molar refractivity (Wildman–Crippen MR) is 176 cm³/mol. The second-order valence-corrected chi connectivity index (χ2v) is 15.7. The SMILES string of the molecule is CC(CCCOS(C)(=O)=O)C1CCC2[C]3C(OCCN=[N+]=[N-])C[C]4CC(OCCN=[N+]=[N-])CCC4(C)C3CC(OCCN=[N+]=[N-])C21C. The minimum absolute atomic E-state index is 0.0505. The molecule has 16 heteroatoms. The zero-order valence-corrected chi connectivity index (χ0v) is 29.1. The maximum absolute atomic E-state index is 11.5. The predicted octanol–water partition coefficient (Wildman–Crippen LogP) is 7.26. The highest BCUT2D eigenvalue weighted by molar-refractivity contribution is 7.85. The lowest BCUT2D eigenvalue weighted by Gasteiger charge is -2.64. The van der Waals surface area contributed by atoms with E-state index in [-0.39, 0.29) is 60.7 Å². The first kappa shape index (κ1) is 37.5. The molecule has 0 aliphatic heterocycles. The molecule has 0 aromatic heterocycles. The number of nitrogens with zero attached hydrogens (tertiary/aromatic N) is 9. The summed E-state index contributed by atoms with van der Waals surface area (Å²) in [6.07, 6.45) is 8.86. The van der Waals surface area contributed by atoms with Gasteiger partial charge in [-0.2, -0.15) is 8.42 Å². The van der Waals surface area contributed by atoms with Crippen molar-refractivity contribution in [3.05, 3.63) is 43.2 Å². The van der Waals surface area contributed by atoms with Crippen LogP contribution >= 0.6 is 0 Å². The summed E-state index contributed by atoms with van der Waals surface area (Å²) in [7, 11) is -3.48. The smallest absolute Gasteiger partial charge is 0.264 e. The Hall–Kier alpha value is -2.28. The molecule has 9 unspecified atom stereocenters. The molecule has 0 aromatic rings. The summed E-state index contributed by atoms with van der Waals surface area (Å²) in [4.78, 5) is 8.67. The largest absolute Gasteiger partial charge is 0.378 e. The lowest BCUT2D eigenvalue weighted by Crippen LogP contribution is -2.62. The number of hydrogen-bond acceptors (Lipinski definition) is 9. The van der Waals surface area contributed by atoms with Gasteiger partial charge >= 0.3 is 0 Å². The minimum atomic E-state index is -3.48. The topological polar surface area (TPSA) is 217 Å². The fourth-order valence-corrected chi connectivity index (χ4v) is 10.0. The lowest BCUT2D eigenvalue weighted by atomic mass is 9.43. The number of ether oxygens (including phenoxy) is 3. The third-order valence-electron chi connectivity index (χ3n) is 11.6. The van der Waals surface area contributed by atoms with Gasteiger partial charge in [0, 0.05) is 45.7 Å². The Morgan fingerprint density at radius 1 is 0.872 bits per heavy atom. The first-order valence-corrected chi connectivity index (χ1v) is 18.7. The van der Waals surface area contributed by atoms with Gasteiger partial charge in [0.05, 0.1) is 51.0 Å². The lowest BCUT2D eigenvalue weighted by molar-refractivity contribution is -0.151. The zero-order valence-electron chi connectivity index (χ0n) is 28.2. The van der Waals surface area contributed by atoms with Gasteiger partial charge < -0.3 is 14.2 Å². The van der Waals surface area contributed by atoms with Crippen molar-refractivity contribution in [1.82, 2.24) is 0 Å². The van der Waals surface area contributed by atoms with Gasteiger partial charge in [0.1, 0.15) is 0 Å². The van der Waals surface area contributed by atoms with Crippen molar-refractivity contribution in [1.29, 1.82) is 0 Å². The number of fused-ring (bicyclic) bond motifs is 5. The van der Waals surface area contributed by atoms with Crippen molar-refractivity contribution >= 4 is 10.1 Å². The molecular formula is C31H51N9O6S. The van der Waals surface area contributed by atoms with Gasteiger partial charge in [-0.3, -0.25) is 4.18 Å². The minimum Gasteiger partial charge on any atom is -0.378 e. The highest BCUT2D eigenvalue weighted by atomic mass is 32.2. The summed E-state index contributed by atoms with van der Waals surface area (Å²) in [6.45, 7) is 9.14. The molecule has 0 N–H and O–H groups in total. The van der Waals surface area contributed by atoms with Crippen LogP contribution in [0.5, 0.6) is 0 Å². The van der Waals surface area contributed by atoms with Gasteiger partial charge in [0.25, 0.3) is 10.1 Å². The van der Waals surface area contributed by atoms with Gasteiger partial charge in [0.2, 0.25) is 0 Å². The van der Waals surface area contributed by atoms with E-state index >= 15 is 0 Å². The molecule has 47 heavy (non-hydrogen) atoms. The van der Waals surface area contributed by atoms with Crippen molar-refractivity contribution in [3.63, 3.8) is 0 Å². The summed E-state index contributed by atoms with van der Waals surface area (Å²) >= 11 is 0. The van der Waals surface area contributed by atoms with Crippen LogP contribution in [0.15, 0.2) is 15.3 Å². The average Bonchev–Trinajstić information content (AvgIpc) is 3.39. The molecule has 0 heterocycles. The molecule has 15 nitrogen and oxygen atoms in total. The number of rotatable bonds is 18. The standard InChI is InChI=1S/C31H51N9O6S/c1-21(6-5-14-46-47(4,41)42)24-7-8-25-29-26(20-28(31(24,25)3)45-17-13-37-40-34)30(2)10-9-23(43-15-11-35-38-32)18-22(30)19-27(29)44-16-12-36-39-33/h21,23-28H,5-20H2,1-4H3. The summed E-state index contributed by atoms with van der Waals surface area (Å²) in [5.41, 5.74) is 26.2. The van der Waals surface area contributed by atoms with E-state index in [0.29, 0.717) is 44.6 Å². The summed E-state index contributed by atoms with van der Waals surface area (Å²) in [6, 6.07) is 0. The third kappa shape index (κ3) is 8.85. The van der Waals surface area contributed by atoms with Crippen LogP contribution in [0.4, 0.5) is 0 Å². The van der Waals surface area contributed by atoms with Crippen molar-refractivity contribution in [2.24, 2.45) is 49.8 Å². The fourth-order valence-electron chi connectivity index (χ4n) is 9.59. The maximum atomic E-state index is 11.5. The molecule has 0 spiro atoms. The van der Waals surface area contributed by atoms with E-state index in [2.05, 4.69) is 50.8 Å². The van der Waals surface area contributed by atoms with Gasteiger partial charge in [-0.05, 0) is 109 Å². The van der Waals surface area contributed by atoms with Gasteiger partial charge in [0.15, 0.2) is 0 Å². The first-order valence-electron chi connectivity index (χ1n) is 16.9. The highest BCUT2D eigenvalue weighted by Crippen LogP contribution is 2.70. The Morgan fingerprint density at radius 3 is 2.15 bits per heavy atom. The van der Waals surface area contributed by atoms with Crippen molar-refractivity contribution in [2.75, 3.05) is 52.3 Å². The van der Waals surface area contributed by atoms with Crippen LogP contribution in [0, 0.1) is 46.3 Å². The highest BCUT2D eigenvalue weighted by Gasteiger charge is 2.67. The molecule has 0 amide bonds. The molecule has 4 aliphatic carbocycles. The van der Waals surface area contributed by atoms with E-state index < -0.39 is 10.1 Å². The summed E-state index contributed by atoms with van der Waals surface area (Å²) in [5, 5.41) is 11.1. The van der Waals surface area contributed by atoms with Crippen LogP contribution in [0.2, 0.25) is 0 Å². The van der Waals surface area contributed by atoms with Crippen LogP contribution < -0.4 is 0 Å². The van der Waals surface area contributed by atoms with Crippen LogP contribution in [-0.4, -0.2) is 79.0 Å². The van der Waals surface area contributed by atoms with Crippen LogP contribution in [0.1, 0.15) is 78.6 Å². The second-order valence-electron chi connectivity index (χ2n) is 14.1. The van der Waals surface area contributed by atoms with E-state index in [9.17, 15) is 8.42 Å². The Bertz CT molecular complexity index is 1300. The second kappa shape index (κ2) is 16.9. The Balaban J connectivity index is 1.62. The normalized spacial score (nSPS) is 34.6. The summed E-state index contributed by atoms with van der Waals surface area (Å²) in [5.74, 6) is 4.05. The van der Waals surface area contributed by atoms with Crippen molar-refractivity contribution in [3.8, 4) is 0 Å². The molecule has 0 aromatic carbocycles. The van der Waals surface area contributed by atoms with Gasteiger partial charge in [-0.15, -0.1) is 0 Å². The van der Waals surface area contributed by atoms with E-state index in [1.807, 2.05) is 0 Å². The number of hydrogen-bond donors (Lipinski definition) is 0. The molecule has 4 fully saturated rings. The monoisotopic (exact) mass is 677 g/mol. The van der Waals surface area contributed by atoms with E-state index in [4.69, 9.17) is 35.0 Å². The van der Waals surface area contributed by atoms with Gasteiger partial charge in [-0.1, -0.05) is 36.1 Å². The molecule has 0 saturated heterocycles. The molecule has 4 saturated carbocycles. The van der Waals surface area contributed by atoms with Crippen molar-refractivity contribution in [2.45, 2.75) is 96.9 Å². The van der Waals surface area contributed by atoms with Crippen LogP contribution in [0.3, 0.4) is 0 Å². The summed E-state index contributed by atoms with van der Waals surface area (Å²) < 4.78 is 47.6. The van der Waals surface area contributed by atoms with E-state index in [0.717, 1.165) is 57.6 Å². The average molecular weight is 678 g/mol. The van der Waals surface area contributed by atoms with Crippen LogP contribution in [0.25, 0.3) is 31.3 Å². The first-order chi connectivity index (χ1) is 22.5. The molecule has 0 bridgehead atoms. The quantitative estimate of drug-likeness (QED) is 0.0477. The third-order valence-corrected chi connectivity index (χ3v) is 12.2. The fraction of sp³-hybridized carbons (Fsp3) is 0.935. The molecular weight excluding hydrogens is 626 g/mol. The molecule has 9 atom stereocenters. The van der Waals surface area contributed by atoms with Crippen LogP contribution in [-0.2, 0) is 28.5 Å².